The van der Waals surface area contributed by atoms with E-state index in [1.54, 1.807) is 6.92 Å². The first-order chi connectivity index (χ1) is 11.3. The minimum Gasteiger partial charge on any atom is -0.481 e. The lowest BCUT2D eigenvalue weighted by atomic mass is 10.1. The van der Waals surface area contributed by atoms with Gasteiger partial charge in [0.1, 0.15) is 5.75 Å². The van der Waals surface area contributed by atoms with Crippen molar-refractivity contribution in [2.45, 2.75) is 26.9 Å². The molecule has 24 heavy (non-hydrogen) atoms. The van der Waals surface area contributed by atoms with E-state index in [2.05, 4.69) is 5.32 Å². The fraction of sp³-hybridized carbons (Fsp3) is 0.235. The SMILES string of the molecule is Cc1ccc(C)c(OC(C)C(=O)Nc2cc([N+](=O)[O-])ccc2Cl)c1. The molecule has 0 fully saturated rings. The predicted molar refractivity (Wildman–Crippen MR) is 92.7 cm³/mol. The van der Waals surface area contributed by atoms with Crippen molar-refractivity contribution in [3.63, 3.8) is 0 Å². The van der Waals surface area contributed by atoms with Gasteiger partial charge in [-0.2, -0.15) is 0 Å². The molecule has 0 heterocycles. The van der Waals surface area contributed by atoms with E-state index >= 15 is 0 Å². The summed E-state index contributed by atoms with van der Waals surface area (Å²) in [4.78, 5) is 22.5. The van der Waals surface area contributed by atoms with Crippen molar-refractivity contribution in [1.29, 1.82) is 0 Å². The van der Waals surface area contributed by atoms with Gasteiger partial charge < -0.3 is 10.1 Å². The Labute approximate surface area is 144 Å². The van der Waals surface area contributed by atoms with Gasteiger partial charge in [0.05, 0.1) is 15.6 Å². The van der Waals surface area contributed by atoms with Crippen LogP contribution in [0.5, 0.6) is 5.75 Å². The molecule has 0 aliphatic rings. The average molecular weight is 349 g/mol. The number of non-ortho nitro benzene ring substituents is 1. The first-order valence-electron chi connectivity index (χ1n) is 7.26. The molecule has 126 valence electrons. The Morgan fingerprint density at radius 3 is 2.62 bits per heavy atom. The Balaban J connectivity index is 2.13. The number of hydrogen-bond acceptors (Lipinski definition) is 4. The van der Waals surface area contributed by atoms with E-state index in [-0.39, 0.29) is 16.4 Å². The predicted octanol–water partition coefficient (Wildman–Crippen LogP) is 4.27. The number of nitrogens with one attached hydrogen (secondary N) is 1. The van der Waals surface area contributed by atoms with Crippen molar-refractivity contribution in [3.05, 3.63) is 62.7 Å². The Hall–Kier alpha value is -2.60. The Kier molecular flexibility index (Phi) is 5.41. The van der Waals surface area contributed by atoms with Crippen molar-refractivity contribution in [1.82, 2.24) is 0 Å². The second-order valence-corrected chi connectivity index (χ2v) is 5.85. The summed E-state index contributed by atoms with van der Waals surface area (Å²) < 4.78 is 5.69. The highest BCUT2D eigenvalue weighted by molar-refractivity contribution is 6.33. The Bertz CT molecular complexity index is 792. The number of nitrogens with zero attached hydrogens (tertiary/aromatic N) is 1. The molecule has 1 unspecified atom stereocenters. The van der Waals surface area contributed by atoms with Crippen LogP contribution in [0.3, 0.4) is 0 Å². The van der Waals surface area contributed by atoms with Crippen LogP contribution < -0.4 is 10.1 Å². The Morgan fingerprint density at radius 1 is 1.25 bits per heavy atom. The standard InChI is InChI=1S/C17H17ClN2O4/c1-10-4-5-11(2)16(8-10)24-12(3)17(21)19-15-9-13(20(22)23)6-7-14(15)18/h4-9,12H,1-3H3,(H,19,21). The lowest BCUT2D eigenvalue weighted by Crippen LogP contribution is -2.30. The van der Waals surface area contributed by atoms with Crippen LogP contribution in [0.1, 0.15) is 18.1 Å². The number of amides is 1. The summed E-state index contributed by atoms with van der Waals surface area (Å²) in [5.74, 6) is 0.168. The molecule has 1 N–H and O–H groups in total. The summed E-state index contributed by atoms with van der Waals surface area (Å²) in [5.41, 5.74) is 1.95. The van der Waals surface area contributed by atoms with E-state index in [1.165, 1.54) is 18.2 Å². The third-order valence-corrected chi connectivity index (χ3v) is 3.76. The van der Waals surface area contributed by atoms with Crippen LogP contribution in [0.15, 0.2) is 36.4 Å². The molecule has 0 aromatic heterocycles. The van der Waals surface area contributed by atoms with Crippen LogP contribution in [0.2, 0.25) is 5.02 Å². The zero-order valence-electron chi connectivity index (χ0n) is 13.5. The summed E-state index contributed by atoms with van der Waals surface area (Å²) in [5, 5.41) is 13.6. The molecule has 0 bridgehead atoms. The fourth-order valence-electron chi connectivity index (χ4n) is 2.04. The molecule has 6 nitrogen and oxygen atoms in total. The summed E-state index contributed by atoms with van der Waals surface area (Å²) >= 11 is 5.98. The highest BCUT2D eigenvalue weighted by atomic mass is 35.5. The van der Waals surface area contributed by atoms with Gasteiger partial charge in [-0.05, 0) is 44.0 Å². The molecule has 2 aromatic rings. The molecule has 7 heteroatoms. The maximum atomic E-state index is 12.3. The number of nitro groups is 1. The molecule has 0 aliphatic heterocycles. The number of hydrogen-bond donors (Lipinski definition) is 1. The lowest BCUT2D eigenvalue weighted by molar-refractivity contribution is -0.384. The fourth-order valence-corrected chi connectivity index (χ4v) is 2.20. The topological polar surface area (TPSA) is 81.5 Å². The number of aryl methyl sites for hydroxylation is 2. The van der Waals surface area contributed by atoms with Gasteiger partial charge in [0.2, 0.25) is 0 Å². The van der Waals surface area contributed by atoms with Crippen LogP contribution in [-0.4, -0.2) is 16.9 Å². The maximum absolute atomic E-state index is 12.3. The zero-order valence-corrected chi connectivity index (χ0v) is 14.3. The molecule has 0 saturated carbocycles. The first-order valence-corrected chi connectivity index (χ1v) is 7.64. The monoisotopic (exact) mass is 348 g/mol. The minimum absolute atomic E-state index is 0.155. The van der Waals surface area contributed by atoms with Crippen molar-refractivity contribution >= 4 is 28.9 Å². The summed E-state index contributed by atoms with van der Waals surface area (Å²) in [7, 11) is 0. The number of carbonyl (C=O) groups excluding carboxylic acids is 1. The number of rotatable bonds is 5. The number of benzene rings is 2. The normalized spacial score (nSPS) is 11.7. The van der Waals surface area contributed by atoms with E-state index in [0.717, 1.165) is 11.1 Å². The van der Waals surface area contributed by atoms with Crippen LogP contribution >= 0.6 is 11.6 Å². The van der Waals surface area contributed by atoms with Crippen molar-refractivity contribution in [2.75, 3.05) is 5.32 Å². The summed E-state index contributed by atoms with van der Waals surface area (Å²) in [6, 6.07) is 9.56. The third kappa shape index (κ3) is 4.23. The molecule has 1 amide bonds. The van der Waals surface area contributed by atoms with Gasteiger partial charge in [0.25, 0.3) is 11.6 Å². The lowest BCUT2D eigenvalue weighted by Gasteiger charge is -2.17. The van der Waals surface area contributed by atoms with Crippen LogP contribution in [0.4, 0.5) is 11.4 Å². The molecule has 2 rings (SSSR count). The van der Waals surface area contributed by atoms with Gasteiger partial charge in [-0.1, -0.05) is 23.7 Å². The number of anilines is 1. The minimum atomic E-state index is -0.791. The molecule has 2 aromatic carbocycles. The zero-order chi connectivity index (χ0) is 17.9. The van der Waals surface area contributed by atoms with Gasteiger partial charge >= 0.3 is 0 Å². The largest absolute Gasteiger partial charge is 0.481 e. The molecular weight excluding hydrogens is 332 g/mol. The molecule has 0 saturated heterocycles. The van der Waals surface area contributed by atoms with Crippen LogP contribution in [0.25, 0.3) is 0 Å². The maximum Gasteiger partial charge on any atom is 0.271 e. The molecule has 1 atom stereocenters. The van der Waals surface area contributed by atoms with Gasteiger partial charge in [0, 0.05) is 12.1 Å². The van der Waals surface area contributed by atoms with E-state index in [1.807, 2.05) is 32.0 Å². The highest BCUT2D eigenvalue weighted by Crippen LogP contribution is 2.27. The smallest absolute Gasteiger partial charge is 0.271 e. The van der Waals surface area contributed by atoms with Gasteiger partial charge in [-0.25, -0.2) is 0 Å². The van der Waals surface area contributed by atoms with E-state index in [4.69, 9.17) is 16.3 Å². The Morgan fingerprint density at radius 2 is 1.96 bits per heavy atom. The second kappa shape index (κ2) is 7.31. The number of halogens is 1. The first kappa shape index (κ1) is 17.7. The van der Waals surface area contributed by atoms with Gasteiger partial charge in [-0.3, -0.25) is 14.9 Å². The number of nitro benzene ring substituents is 1. The third-order valence-electron chi connectivity index (χ3n) is 3.44. The summed E-state index contributed by atoms with van der Waals surface area (Å²) in [6.07, 6.45) is -0.791. The van der Waals surface area contributed by atoms with Gasteiger partial charge in [0.15, 0.2) is 6.10 Å². The summed E-state index contributed by atoms with van der Waals surface area (Å²) in [6.45, 7) is 5.42. The van der Waals surface area contributed by atoms with Crippen molar-refractivity contribution in [3.8, 4) is 5.75 Å². The van der Waals surface area contributed by atoms with Crippen molar-refractivity contribution in [2.24, 2.45) is 0 Å². The highest BCUT2D eigenvalue weighted by Gasteiger charge is 2.18. The van der Waals surface area contributed by atoms with Crippen LogP contribution in [-0.2, 0) is 4.79 Å². The molecule has 0 spiro atoms. The second-order valence-electron chi connectivity index (χ2n) is 5.44. The molecule has 0 radical (unpaired) electrons. The quantitative estimate of drug-likeness (QED) is 0.646. The van der Waals surface area contributed by atoms with E-state index in [9.17, 15) is 14.9 Å². The molecule has 0 aliphatic carbocycles. The van der Waals surface area contributed by atoms with E-state index in [0.29, 0.717) is 5.75 Å². The van der Waals surface area contributed by atoms with Gasteiger partial charge in [-0.15, -0.1) is 0 Å². The number of carbonyl (C=O) groups is 1. The average Bonchev–Trinajstić information content (AvgIpc) is 2.52. The number of ether oxygens (including phenoxy) is 1. The molecular formula is C17H17ClN2O4. The van der Waals surface area contributed by atoms with E-state index < -0.39 is 16.9 Å². The van der Waals surface area contributed by atoms with Crippen LogP contribution in [0, 0.1) is 24.0 Å². The van der Waals surface area contributed by atoms with Crippen molar-refractivity contribution < 1.29 is 14.5 Å².